The lowest BCUT2D eigenvalue weighted by Gasteiger charge is -2.19. The molecule has 1 rings (SSSR count). The van der Waals surface area contributed by atoms with Gasteiger partial charge in [-0.2, -0.15) is 0 Å². The van der Waals surface area contributed by atoms with Crippen molar-refractivity contribution in [2.75, 3.05) is 26.2 Å². The monoisotopic (exact) mass is 298 g/mol. The third-order valence-electron chi connectivity index (χ3n) is 3.97. The molecule has 0 bridgehead atoms. The summed E-state index contributed by atoms with van der Waals surface area (Å²) in [7, 11) is 0. The summed E-state index contributed by atoms with van der Waals surface area (Å²) in [5.41, 5.74) is 0. The fourth-order valence-electron chi connectivity index (χ4n) is 2.89. The lowest BCUT2D eigenvalue weighted by atomic mass is 9.99. The molecule has 1 heterocycles. The molecule has 1 aliphatic rings. The van der Waals surface area contributed by atoms with E-state index >= 15 is 0 Å². The molecule has 0 aliphatic carbocycles. The van der Waals surface area contributed by atoms with E-state index in [-0.39, 0.29) is 24.3 Å². The van der Waals surface area contributed by atoms with Gasteiger partial charge in [0.2, 0.25) is 11.8 Å². The molecule has 1 fully saturated rings. The largest absolute Gasteiger partial charge is 0.396 e. The van der Waals surface area contributed by atoms with Crippen LogP contribution in [0.1, 0.15) is 46.5 Å². The second-order valence-corrected chi connectivity index (χ2v) is 6.51. The number of hydrogen-bond acceptors (Lipinski definition) is 3. The molecule has 2 N–H and O–H groups in total. The summed E-state index contributed by atoms with van der Waals surface area (Å²) in [4.78, 5) is 25.9. The van der Waals surface area contributed by atoms with Crippen LogP contribution in [-0.2, 0) is 9.59 Å². The fraction of sp³-hybridized carbons (Fsp3) is 0.875. The number of carbonyl (C=O) groups excluding carboxylic acids is 2. The van der Waals surface area contributed by atoms with Gasteiger partial charge in [-0.25, -0.2) is 0 Å². The molecule has 0 spiro atoms. The van der Waals surface area contributed by atoms with Crippen molar-refractivity contribution in [3.8, 4) is 0 Å². The Labute approximate surface area is 128 Å². The average Bonchev–Trinajstić information content (AvgIpc) is 2.77. The molecule has 5 nitrogen and oxygen atoms in total. The fourth-order valence-corrected chi connectivity index (χ4v) is 2.89. The van der Waals surface area contributed by atoms with Gasteiger partial charge >= 0.3 is 0 Å². The van der Waals surface area contributed by atoms with Gasteiger partial charge in [0.15, 0.2) is 0 Å². The summed E-state index contributed by atoms with van der Waals surface area (Å²) in [6, 6.07) is 0. The normalized spacial score (nSPS) is 20.1. The molecule has 1 saturated heterocycles. The third kappa shape index (κ3) is 6.04. The summed E-state index contributed by atoms with van der Waals surface area (Å²) in [5, 5.41) is 12.0. The zero-order valence-corrected chi connectivity index (χ0v) is 13.6. The predicted octanol–water partition coefficient (Wildman–Crippen LogP) is 1.41. The van der Waals surface area contributed by atoms with Gasteiger partial charge in [-0.15, -0.1) is 0 Å². The highest BCUT2D eigenvalue weighted by atomic mass is 16.3. The van der Waals surface area contributed by atoms with Crippen LogP contribution in [0.25, 0.3) is 0 Å². The van der Waals surface area contributed by atoms with Crippen LogP contribution < -0.4 is 5.32 Å². The SMILES string of the molecule is CCCC(CCO)CNC(=O)C1CC(=O)N(CC(C)C)C1. The maximum Gasteiger partial charge on any atom is 0.225 e. The van der Waals surface area contributed by atoms with Crippen molar-refractivity contribution in [2.24, 2.45) is 17.8 Å². The van der Waals surface area contributed by atoms with E-state index in [1.165, 1.54) is 0 Å². The van der Waals surface area contributed by atoms with Gasteiger partial charge in [0.1, 0.15) is 0 Å². The lowest BCUT2D eigenvalue weighted by Crippen LogP contribution is -2.36. The van der Waals surface area contributed by atoms with E-state index in [0.29, 0.717) is 31.3 Å². The van der Waals surface area contributed by atoms with Crippen LogP contribution in [0.4, 0.5) is 0 Å². The van der Waals surface area contributed by atoms with Crippen LogP contribution in [0, 0.1) is 17.8 Å². The van der Waals surface area contributed by atoms with Crippen molar-refractivity contribution >= 4 is 11.8 Å². The van der Waals surface area contributed by atoms with Crippen molar-refractivity contribution in [1.82, 2.24) is 10.2 Å². The van der Waals surface area contributed by atoms with Gasteiger partial charge in [0.05, 0.1) is 5.92 Å². The molecule has 2 unspecified atom stereocenters. The number of likely N-dealkylation sites (tertiary alicyclic amines) is 1. The summed E-state index contributed by atoms with van der Waals surface area (Å²) < 4.78 is 0. The number of hydrogen-bond donors (Lipinski definition) is 2. The number of nitrogens with one attached hydrogen (secondary N) is 1. The van der Waals surface area contributed by atoms with Crippen LogP contribution in [0.5, 0.6) is 0 Å². The molecular weight excluding hydrogens is 268 g/mol. The van der Waals surface area contributed by atoms with Crippen molar-refractivity contribution < 1.29 is 14.7 Å². The molecular formula is C16H30N2O3. The van der Waals surface area contributed by atoms with Gasteiger partial charge in [-0.1, -0.05) is 27.2 Å². The van der Waals surface area contributed by atoms with Gasteiger partial charge in [0.25, 0.3) is 0 Å². The standard InChI is InChI=1S/C16H30N2O3/c1-4-5-13(6-7-19)9-17-16(21)14-8-15(20)18(11-14)10-12(2)3/h12-14,19H,4-11H2,1-3H3,(H,17,21). The van der Waals surface area contributed by atoms with E-state index in [0.717, 1.165) is 25.8 Å². The second kappa shape index (κ2) is 9.03. The van der Waals surface area contributed by atoms with Crippen LogP contribution in [0.3, 0.4) is 0 Å². The number of carbonyl (C=O) groups is 2. The number of amides is 2. The second-order valence-electron chi connectivity index (χ2n) is 6.51. The highest BCUT2D eigenvalue weighted by Crippen LogP contribution is 2.19. The Morgan fingerprint density at radius 3 is 2.71 bits per heavy atom. The topological polar surface area (TPSA) is 69.6 Å². The van der Waals surface area contributed by atoms with Crippen LogP contribution in [0.15, 0.2) is 0 Å². The Morgan fingerprint density at radius 2 is 2.14 bits per heavy atom. The Kier molecular flexibility index (Phi) is 7.72. The van der Waals surface area contributed by atoms with Crippen LogP contribution >= 0.6 is 0 Å². The van der Waals surface area contributed by atoms with Gasteiger partial charge in [0, 0.05) is 32.7 Å². The number of aliphatic hydroxyl groups is 1. The van der Waals surface area contributed by atoms with E-state index < -0.39 is 0 Å². The predicted molar refractivity (Wildman–Crippen MR) is 82.6 cm³/mol. The Morgan fingerprint density at radius 1 is 1.43 bits per heavy atom. The molecule has 0 aromatic heterocycles. The molecule has 0 aromatic carbocycles. The summed E-state index contributed by atoms with van der Waals surface area (Å²) in [6.07, 6.45) is 3.10. The molecule has 21 heavy (non-hydrogen) atoms. The molecule has 2 atom stereocenters. The van der Waals surface area contributed by atoms with E-state index in [9.17, 15) is 9.59 Å². The minimum atomic E-state index is -0.215. The van der Waals surface area contributed by atoms with Crippen molar-refractivity contribution in [1.29, 1.82) is 0 Å². The number of nitrogens with zero attached hydrogens (tertiary/aromatic N) is 1. The quantitative estimate of drug-likeness (QED) is 0.676. The molecule has 1 aliphatic heterocycles. The van der Waals surface area contributed by atoms with Crippen LogP contribution in [0.2, 0.25) is 0 Å². The molecule has 0 saturated carbocycles. The number of aliphatic hydroxyl groups excluding tert-OH is 1. The first-order valence-corrected chi connectivity index (χ1v) is 8.14. The molecule has 5 heteroatoms. The summed E-state index contributed by atoms with van der Waals surface area (Å²) >= 11 is 0. The first-order chi connectivity index (χ1) is 9.97. The maximum atomic E-state index is 12.2. The van der Waals surface area contributed by atoms with Crippen molar-refractivity contribution in [3.05, 3.63) is 0 Å². The highest BCUT2D eigenvalue weighted by molar-refractivity contribution is 5.89. The third-order valence-corrected chi connectivity index (χ3v) is 3.97. The first-order valence-electron chi connectivity index (χ1n) is 8.14. The zero-order valence-electron chi connectivity index (χ0n) is 13.6. The summed E-state index contributed by atoms with van der Waals surface area (Å²) in [6.45, 7) is 8.28. The average molecular weight is 298 g/mol. The van der Waals surface area contributed by atoms with Gasteiger partial charge < -0.3 is 15.3 Å². The number of rotatable bonds is 9. The van der Waals surface area contributed by atoms with Crippen LogP contribution in [-0.4, -0.2) is 48.1 Å². The van der Waals surface area contributed by atoms with E-state index in [2.05, 4.69) is 26.1 Å². The first kappa shape index (κ1) is 18.0. The molecule has 0 radical (unpaired) electrons. The van der Waals surface area contributed by atoms with Crippen molar-refractivity contribution in [2.45, 2.75) is 46.5 Å². The highest BCUT2D eigenvalue weighted by Gasteiger charge is 2.34. The van der Waals surface area contributed by atoms with Gasteiger partial charge in [-0.05, 0) is 24.7 Å². The van der Waals surface area contributed by atoms with E-state index in [4.69, 9.17) is 5.11 Å². The smallest absolute Gasteiger partial charge is 0.225 e. The summed E-state index contributed by atoms with van der Waals surface area (Å²) in [5.74, 6) is 0.604. The van der Waals surface area contributed by atoms with Gasteiger partial charge in [-0.3, -0.25) is 9.59 Å². The van der Waals surface area contributed by atoms with Crippen molar-refractivity contribution in [3.63, 3.8) is 0 Å². The Bertz CT molecular complexity index is 338. The minimum Gasteiger partial charge on any atom is -0.396 e. The maximum absolute atomic E-state index is 12.2. The van der Waals surface area contributed by atoms with E-state index in [1.54, 1.807) is 4.90 Å². The Balaban J connectivity index is 2.40. The zero-order chi connectivity index (χ0) is 15.8. The Hall–Kier alpha value is -1.10. The lowest BCUT2D eigenvalue weighted by molar-refractivity contribution is -0.129. The minimum absolute atomic E-state index is 0.0198. The molecule has 122 valence electrons. The molecule has 0 aromatic rings. The molecule has 2 amide bonds. The van der Waals surface area contributed by atoms with E-state index in [1.807, 2.05) is 0 Å².